The molecule has 0 heterocycles. The van der Waals surface area contributed by atoms with Crippen molar-refractivity contribution in [2.75, 3.05) is 0 Å². The van der Waals surface area contributed by atoms with Crippen LogP contribution in [0.1, 0.15) is 25.7 Å². The van der Waals surface area contributed by atoms with Crippen molar-refractivity contribution in [2.45, 2.75) is 25.7 Å². The van der Waals surface area contributed by atoms with Crippen LogP contribution in [-0.4, -0.2) is 11.3 Å². The van der Waals surface area contributed by atoms with Crippen LogP contribution in [0.25, 0.3) is 0 Å². The minimum atomic E-state index is 0.235. The summed E-state index contributed by atoms with van der Waals surface area (Å²) in [4.78, 5) is 0. The Hall–Kier alpha value is -0.640. The van der Waals surface area contributed by atoms with Gasteiger partial charge in [-0.1, -0.05) is 12.8 Å². The van der Waals surface area contributed by atoms with Crippen molar-refractivity contribution in [3.63, 3.8) is 0 Å². The van der Waals surface area contributed by atoms with Gasteiger partial charge in [-0.15, -0.1) is 0 Å². The molecule has 1 saturated carbocycles. The first-order valence-electron chi connectivity index (χ1n) is 3.87. The molecule has 0 atom stereocenters. The Bertz CT molecular complexity index is 161. The lowest BCUT2D eigenvalue weighted by Crippen LogP contribution is -2.24. The zero-order valence-electron chi connectivity index (χ0n) is 6.42. The van der Waals surface area contributed by atoms with Gasteiger partial charge in [0, 0.05) is 6.21 Å². The highest BCUT2D eigenvalue weighted by molar-refractivity contribution is 7.80. The number of rotatable bonds is 2. The lowest BCUT2D eigenvalue weighted by atomic mass is 10.1. The molecule has 4 heteroatoms. The van der Waals surface area contributed by atoms with Crippen LogP contribution in [0.5, 0.6) is 0 Å². The highest BCUT2D eigenvalue weighted by Crippen LogP contribution is 2.22. The molecule has 1 aliphatic carbocycles. The van der Waals surface area contributed by atoms with Gasteiger partial charge in [0.2, 0.25) is 0 Å². The predicted molar refractivity (Wildman–Crippen MR) is 50.4 cm³/mol. The Morgan fingerprint density at radius 2 is 2.18 bits per heavy atom. The molecule has 0 spiro atoms. The Labute approximate surface area is 72.0 Å². The van der Waals surface area contributed by atoms with Crippen LogP contribution >= 0.6 is 12.2 Å². The van der Waals surface area contributed by atoms with Gasteiger partial charge in [0.05, 0.1) is 0 Å². The zero-order chi connectivity index (χ0) is 8.10. The summed E-state index contributed by atoms with van der Waals surface area (Å²) >= 11 is 4.59. The van der Waals surface area contributed by atoms with Crippen LogP contribution in [0.15, 0.2) is 5.10 Å². The maximum atomic E-state index is 5.18. The second kappa shape index (κ2) is 4.28. The molecule has 0 unspecified atom stereocenters. The number of hydrogen-bond donors (Lipinski definition) is 2. The molecular formula is C7H13N3S. The second-order valence-corrected chi connectivity index (χ2v) is 3.24. The SMILES string of the molecule is NC(=S)NN=CC1CCCC1. The quantitative estimate of drug-likeness (QED) is 0.370. The summed E-state index contributed by atoms with van der Waals surface area (Å²) in [7, 11) is 0. The molecule has 0 amide bonds. The van der Waals surface area contributed by atoms with Crippen molar-refractivity contribution in [3.05, 3.63) is 0 Å². The highest BCUT2D eigenvalue weighted by Gasteiger charge is 2.11. The summed E-state index contributed by atoms with van der Waals surface area (Å²) in [5.41, 5.74) is 7.73. The Balaban J connectivity index is 2.17. The van der Waals surface area contributed by atoms with E-state index in [2.05, 4.69) is 22.7 Å². The smallest absolute Gasteiger partial charge is 0.184 e. The minimum Gasteiger partial charge on any atom is -0.375 e. The van der Waals surface area contributed by atoms with E-state index >= 15 is 0 Å². The third kappa shape index (κ3) is 3.32. The van der Waals surface area contributed by atoms with E-state index in [0.29, 0.717) is 5.92 Å². The van der Waals surface area contributed by atoms with Gasteiger partial charge in [-0.3, -0.25) is 5.43 Å². The van der Waals surface area contributed by atoms with Crippen molar-refractivity contribution < 1.29 is 0 Å². The van der Waals surface area contributed by atoms with E-state index < -0.39 is 0 Å². The molecule has 0 aromatic heterocycles. The minimum absolute atomic E-state index is 0.235. The van der Waals surface area contributed by atoms with Crippen molar-refractivity contribution in [2.24, 2.45) is 16.8 Å². The molecule has 0 radical (unpaired) electrons. The van der Waals surface area contributed by atoms with Gasteiger partial charge in [-0.25, -0.2) is 0 Å². The molecule has 1 fully saturated rings. The molecule has 11 heavy (non-hydrogen) atoms. The summed E-state index contributed by atoms with van der Waals surface area (Å²) in [6, 6.07) is 0. The molecule has 0 bridgehead atoms. The summed E-state index contributed by atoms with van der Waals surface area (Å²) in [6.45, 7) is 0. The Morgan fingerprint density at radius 1 is 1.55 bits per heavy atom. The fraction of sp³-hybridized carbons (Fsp3) is 0.714. The third-order valence-electron chi connectivity index (χ3n) is 1.86. The summed E-state index contributed by atoms with van der Waals surface area (Å²) < 4.78 is 0. The van der Waals surface area contributed by atoms with Gasteiger partial charge in [-0.05, 0) is 31.0 Å². The molecule has 0 saturated heterocycles. The summed E-state index contributed by atoms with van der Waals surface area (Å²) in [5.74, 6) is 0.636. The second-order valence-electron chi connectivity index (χ2n) is 2.80. The van der Waals surface area contributed by atoms with Crippen LogP contribution in [0, 0.1) is 5.92 Å². The van der Waals surface area contributed by atoms with Gasteiger partial charge in [0.1, 0.15) is 0 Å². The fourth-order valence-electron chi connectivity index (χ4n) is 1.31. The number of nitrogens with one attached hydrogen (secondary N) is 1. The third-order valence-corrected chi connectivity index (χ3v) is 1.95. The average molecular weight is 171 g/mol. The van der Waals surface area contributed by atoms with Crippen LogP contribution in [0.4, 0.5) is 0 Å². The maximum absolute atomic E-state index is 5.18. The molecule has 0 aromatic rings. The lowest BCUT2D eigenvalue weighted by Gasteiger charge is -1.99. The topological polar surface area (TPSA) is 50.4 Å². The number of hydrogen-bond acceptors (Lipinski definition) is 2. The van der Waals surface area contributed by atoms with Crippen LogP contribution in [-0.2, 0) is 0 Å². The number of nitrogens with two attached hydrogens (primary N) is 1. The molecule has 3 nitrogen and oxygen atoms in total. The number of nitrogens with zero attached hydrogens (tertiary/aromatic N) is 1. The van der Waals surface area contributed by atoms with Crippen molar-refractivity contribution in [3.8, 4) is 0 Å². The van der Waals surface area contributed by atoms with E-state index in [0.717, 1.165) is 0 Å². The van der Waals surface area contributed by atoms with Crippen molar-refractivity contribution >= 4 is 23.5 Å². The van der Waals surface area contributed by atoms with Crippen LogP contribution < -0.4 is 11.2 Å². The van der Waals surface area contributed by atoms with E-state index in [4.69, 9.17) is 5.73 Å². The largest absolute Gasteiger partial charge is 0.375 e. The van der Waals surface area contributed by atoms with Gasteiger partial charge in [-0.2, -0.15) is 5.10 Å². The maximum Gasteiger partial charge on any atom is 0.184 e. The molecule has 1 rings (SSSR count). The van der Waals surface area contributed by atoms with E-state index in [-0.39, 0.29) is 5.11 Å². The Kier molecular flexibility index (Phi) is 3.29. The van der Waals surface area contributed by atoms with Crippen molar-refractivity contribution in [1.29, 1.82) is 0 Å². The fourth-order valence-corrected chi connectivity index (χ4v) is 1.37. The molecule has 0 aliphatic heterocycles. The standard InChI is InChI=1S/C7H13N3S/c8-7(11)10-9-5-6-3-1-2-4-6/h5-6H,1-4H2,(H3,8,10,11). The summed E-state index contributed by atoms with van der Waals surface area (Å²) in [6.07, 6.45) is 7.06. The first kappa shape index (κ1) is 8.46. The highest BCUT2D eigenvalue weighted by atomic mass is 32.1. The van der Waals surface area contributed by atoms with E-state index in [1.807, 2.05) is 6.21 Å². The average Bonchev–Trinajstić information content (AvgIpc) is 2.39. The van der Waals surface area contributed by atoms with Gasteiger partial charge < -0.3 is 5.73 Å². The molecular weight excluding hydrogens is 158 g/mol. The van der Waals surface area contributed by atoms with E-state index in [1.54, 1.807) is 0 Å². The molecule has 0 aromatic carbocycles. The Morgan fingerprint density at radius 3 is 2.73 bits per heavy atom. The number of thiocarbonyl (C=S) groups is 1. The molecule has 3 N–H and O–H groups in total. The number of hydrazone groups is 1. The van der Waals surface area contributed by atoms with Crippen LogP contribution in [0.3, 0.4) is 0 Å². The molecule has 62 valence electrons. The zero-order valence-corrected chi connectivity index (χ0v) is 7.23. The first-order chi connectivity index (χ1) is 5.29. The van der Waals surface area contributed by atoms with E-state index in [1.165, 1.54) is 25.7 Å². The van der Waals surface area contributed by atoms with E-state index in [9.17, 15) is 0 Å². The van der Waals surface area contributed by atoms with Gasteiger partial charge in [0.15, 0.2) is 5.11 Å². The summed E-state index contributed by atoms with van der Waals surface area (Å²) in [5, 5.41) is 4.15. The van der Waals surface area contributed by atoms with Gasteiger partial charge in [0.25, 0.3) is 0 Å². The van der Waals surface area contributed by atoms with Crippen molar-refractivity contribution in [1.82, 2.24) is 5.43 Å². The normalized spacial score (nSPS) is 19.3. The van der Waals surface area contributed by atoms with Crippen LogP contribution in [0.2, 0.25) is 0 Å². The van der Waals surface area contributed by atoms with Gasteiger partial charge >= 0.3 is 0 Å². The molecule has 1 aliphatic rings. The monoisotopic (exact) mass is 171 g/mol. The lowest BCUT2D eigenvalue weighted by molar-refractivity contribution is 0.737. The predicted octanol–water partition coefficient (Wildman–Crippen LogP) is 0.996. The first-order valence-corrected chi connectivity index (χ1v) is 4.28.